The maximum atomic E-state index is 13.1. The first-order chi connectivity index (χ1) is 34.4. The van der Waals surface area contributed by atoms with Gasteiger partial charge < -0.3 is 53.4 Å². The maximum absolute atomic E-state index is 13.1. The molecule has 0 aliphatic carbocycles. The summed E-state index contributed by atoms with van der Waals surface area (Å²) in [6.45, 7) is 15.0. The van der Waals surface area contributed by atoms with Crippen LogP contribution in [0.25, 0.3) is 0 Å². The molecule has 0 bridgehead atoms. The molecule has 19 nitrogen and oxygen atoms in total. The smallest absolute Gasteiger partial charge is 0.423 e. The Labute approximate surface area is 436 Å². The average molecular weight is 1120 g/mol. The predicted octanol–water partition coefficient (Wildman–Crippen LogP) is 7.28. The molecule has 3 aliphatic rings. The van der Waals surface area contributed by atoms with Gasteiger partial charge in [0.05, 0.1) is 27.9 Å². The molecule has 0 saturated carbocycles. The van der Waals surface area contributed by atoms with Gasteiger partial charge in [0.2, 0.25) is 0 Å². The van der Waals surface area contributed by atoms with E-state index in [1.54, 1.807) is 30.6 Å². The molecule has 0 spiro atoms. The molecular weight excluding hydrogens is 1060 g/mol. The van der Waals surface area contributed by atoms with Crippen molar-refractivity contribution in [2.24, 2.45) is 5.73 Å². The van der Waals surface area contributed by atoms with Crippen LogP contribution in [0, 0.1) is 36.2 Å². The lowest BCUT2D eigenvalue weighted by atomic mass is 10.0. The van der Waals surface area contributed by atoms with Crippen LogP contribution in [0.5, 0.6) is 0 Å². The summed E-state index contributed by atoms with van der Waals surface area (Å²) in [5, 5.41) is 39.7. The molecule has 3 heterocycles. The molecule has 6 rings (SSSR count). The van der Waals surface area contributed by atoms with E-state index in [1.165, 1.54) is 12.1 Å². The number of likely N-dealkylation sites (tertiary alicyclic amines) is 2. The zero-order chi connectivity index (χ0) is 56.9. The van der Waals surface area contributed by atoms with Gasteiger partial charge in [-0.3, -0.25) is 30.3 Å². The topological polar surface area (TPSA) is 255 Å². The van der Waals surface area contributed by atoms with Crippen molar-refractivity contribution < 1.29 is 95.5 Å². The lowest BCUT2D eigenvalue weighted by Crippen LogP contribution is -3.00. The highest BCUT2D eigenvalue weighted by Gasteiger charge is 2.41. The summed E-state index contributed by atoms with van der Waals surface area (Å²) in [4.78, 5) is 55.3. The Balaban J connectivity index is 0.000000359. The summed E-state index contributed by atoms with van der Waals surface area (Å²) < 4.78 is 137. The minimum Gasteiger partial charge on any atom is -1.00 e. The van der Waals surface area contributed by atoms with E-state index in [4.69, 9.17) is 15.2 Å². The number of carbonyl (C=O) groups excluding carboxylic acids is 2. The Morgan fingerprint density at radius 3 is 1.21 bits per heavy atom. The van der Waals surface area contributed by atoms with Crippen LogP contribution in [0.2, 0.25) is 0 Å². The molecule has 3 aromatic rings. The van der Waals surface area contributed by atoms with Gasteiger partial charge in [0, 0.05) is 86.7 Å². The van der Waals surface area contributed by atoms with Crippen molar-refractivity contribution in [2.75, 3.05) is 49.9 Å². The van der Waals surface area contributed by atoms with Crippen molar-refractivity contribution in [3.63, 3.8) is 0 Å². The number of carbonyl (C=O) groups is 2. The minimum atomic E-state index is -4.93. The first-order valence-electron chi connectivity index (χ1n) is 23.2. The van der Waals surface area contributed by atoms with Crippen LogP contribution in [0.15, 0.2) is 54.6 Å². The minimum absolute atomic E-state index is 0. The first kappa shape index (κ1) is 65.6. The number of ether oxygens (including phenoxy) is 2. The van der Waals surface area contributed by atoms with E-state index in [2.05, 4.69) is 16.0 Å². The molecule has 3 fully saturated rings. The van der Waals surface area contributed by atoms with Gasteiger partial charge in [0.1, 0.15) is 33.7 Å². The van der Waals surface area contributed by atoms with Gasteiger partial charge in [-0.1, -0.05) is 0 Å². The van der Waals surface area contributed by atoms with Crippen molar-refractivity contribution in [3.05, 3.63) is 107 Å². The summed E-state index contributed by atoms with van der Waals surface area (Å²) >= 11 is 0. The van der Waals surface area contributed by atoms with Gasteiger partial charge in [0.15, 0.2) is 0 Å². The molecule has 0 aromatic heterocycles. The number of anilines is 2. The van der Waals surface area contributed by atoms with E-state index >= 15 is 0 Å². The molecule has 0 radical (unpaired) electrons. The second kappa shape index (κ2) is 27.5. The maximum Gasteiger partial charge on any atom is 0.423 e. The molecule has 6 N–H and O–H groups in total. The fourth-order valence-electron chi connectivity index (χ4n) is 7.40. The second-order valence-corrected chi connectivity index (χ2v) is 19.4. The third-order valence-corrected chi connectivity index (χ3v) is 11.0. The number of benzene rings is 3. The Hall–Kier alpha value is -6.49. The number of rotatable bonds is 7. The zero-order valence-electron chi connectivity index (χ0n) is 42.0. The van der Waals surface area contributed by atoms with Gasteiger partial charge in [-0.2, -0.15) is 39.5 Å². The average Bonchev–Trinajstić information content (AvgIpc) is 3.28. The number of nitrogens with two attached hydrogens (primary N) is 2. The van der Waals surface area contributed by atoms with Crippen LogP contribution in [-0.4, -0.2) is 105 Å². The molecule has 76 heavy (non-hydrogen) atoms. The van der Waals surface area contributed by atoms with Crippen LogP contribution in [0.4, 0.5) is 81.9 Å². The normalized spacial score (nSPS) is 15.9. The van der Waals surface area contributed by atoms with Gasteiger partial charge in [-0.15, -0.1) is 0 Å². The predicted molar refractivity (Wildman–Crippen MR) is 252 cm³/mol. The third-order valence-electron chi connectivity index (χ3n) is 11.0. The number of hydrogen-bond donors (Lipinski definition) is 4. The first-order valence-corrected chi connectivity index (χ1v) is 23.2. The number of quaternary nitrogens is 1. The highest BCUT2D eigenvalue weighted by Crippen LogP contribution is 2.40. The van der Waals surface area contributed by atoms with Crippen molar-refractivity contribution in [2.45, 2.75) is 128 Å². The lowest BCUT2D eigenvalue weighted by molar-refractivity contribution is -0.662. The highest BCUT2D eigenvalue weighted by atomic mass is 35.5. The van der Waals surface area contributed by atoms with Crippen LogP contribution < -0.4 is 34.1 Å². The van der Waals surface area contributed by atoms with Crippen LogP contribution >= 0.6 is 0 Å². The molecule has 3 aliphatic heterocycles. The van der Waals surface area contributed by atoms with Crippen molar-refractivity contribution in [1.82, 2.24) is 9.80 Å². The van der Waals surface area contributed by atoms with E-state index in [0.29, 0.717) is 38.1 Å². The summed E-state index contributed by atoms with van der Waals surface area (Å²) in [6.07, 6.45) is -10.6. The number of hydrogen-bond acceptors (Lipinski definition) is 13. The van der Waals surface area contributed by atoms with Crippen molar-refractivity contribution in [1.29, 1.82) is 0 Å². The number of nitro benzene ring substituents is 3. The molecule has 0 atom stereocenters. The van der Waals surface area contributed by atoms with Crippen molar-refractivity contribution >= 4 is 40.6 Å². The Morgan fingerprint density at radius 1 is 0.566 bits per heavy atom. The SMILES string of the molecule is CC(C)(C)OC(=O)N1CCC(N)CC1.CC(C)(C)OC(=O)N1CCC(Nc2ccc([N+](=O)[O-])c(C(F)(F)F)c2)CC1.O=[N+]([O-])c1ccc(F)cc1C(F)(F)F.O=[N+]([O-])c1ccc(NC2CC[NH2+]CC2)cc1C(F)(F)F.[Cl-]. The van der Waals surface area contributed by atoms with E-state index < -0.39 is 90.2 Å². The van der Waals surface area contributed by atoms with Gasteiger partial charge in [-0.25, -0.2) is 14.0 Å². The Morgan fingerprint density at radius 2 is 0.882 bits per heavy atom. The molecule has 426 valence electrons. The largest absolute Gasteiger partial charge is 1.00 e. The number of nitro groups is 3. The molecule has 0 unspecified atom stereocenters. The van der Waals surface area contributed by atoms with E-state index in [9.17, 15) is 83.8 Å². The Kier molecular flexibility index (Phi) is 23.8. The lowest BCUT2D eigenvalue weighted by Gasteiger charge is -2.34. The quantitative estimate of drug-likeness (QED) is 0.103. The molecule has 30 heteroatoms. The fraction of sp³-hybridized carbons (Fsp3) is 0.565. The summed E-state index contributed by atoms with van der Waals surface area (Å²) in [5.74, 6) is -1.16. The molecule has 3 saturated heterocycles. The molecule has 3 aromatic carbocycles. The van der Waals surface area contributed by atoms with Gasteiger partial charge >= 0.3 is 30.7 Å². The summed E-state index contributed by atoms with van der Waals surface area (Å²) in [6, 6.07) is 7.29. The molecule has 2 amide bonds. The van der Waals surface area contributed by atoms with Crippen LogP contribution in [-0.2, 0) is 28.0 Å². The number of nitrogens with one attached hydrogen (secondary N) is 2. The fourth-order valence-corrected chi connectivity index (χ4v) is 7.40. The number of halogens is 11. The van der Waals surface area contributed by atoms with E-state index in [1.807, 2.05) is 20.8 Å². The summed E-state index contributed by atoms with van der Waals surface area (Å²) in [7, 11) is 0. The molecular formula is C46H60ClF10N9O10. The monoisotopic (exact) mass is 1120 g/mol. The number of alkyl halides is 9. The second-order valence-electron chi connectivity index (χ2n) is 19.4. The Bertz CT molecular complexity index is 2440. The van der Waals surface area contributed by atoms with E-state index in [-0.39, 0.29) is 54.1 Å². The number of amides is 2. The summed E-state index contributed by atoms with van der Waals surface area (Å²) in [5.41, 5.74) is -1.96. The standard InChI is InChI=1S/C17H22F3N3O4.C12H14F3N3O2.C10H20N2O2.C7H3F4NO2.ClH/c1-16(2,3)27-15(24)22-8-6-11(7-9-22)21-12-4-5-14(23(25)26)13(10-12)17(18,19)20;13-12(14,15)10-7-9(1-2-11(10)18(19)20)17-8-3-5-16-6-4-8;1-10(2,3)14-9(13)12-6-4-8(11)5-7-12;8-4-1-2-6(12(13)14)5(3-4)7(9,10)11;/h4-5,10-11,21H,6-9H2,1-3H3;1-2,7-8,16-17H,3-6H2;8H,4-7,11H2,1-3H3;1-3H;1H. The highest BCUT2D eigenvalue weighted by molar-refractivity contribution is 5.69. The van der Waals surface area contributed by atoms with Crippen LogP contribution in [0.3, 0.4) is 0 Å². The van der Waals surface area contributed by atoms with Gasteiger partial charge in [0.25, 0.3) is 17.1 Å². The number of piperidine rings is 3. The number of nitrogens with zero attached hydrogens (tertiary/aromatic N) is 5. The third kappa shape index (κ3) is 22.0. The van der Waals surface area contributed by atoms with Crippen LogP contribution in [0.1, 0.15) is 96.8 Å². The van der Waals surface area contributed by atoms with Gasteiger partial charge in [-0.05, 0) is 104 Å². The van der Waals surface area contributed by atoms with E-state index in [0.717, 1.165) is 76.1 Å². The zero-order valence-corrected chi connectivity index (χ0v) is 42.8. The van der Waals surface area contributed by atoms with Crippen molar-refractivity contribution in [3.8, 4) is 0 Å².